The maximum absolute atomic E-state index is 11.9. The number of morpholine rings is 1. The fraction of sp³-hybridized carbons (Fsp3) is 0.667. The van der Waals surface area contributed by atoms with Gasteiger partial charge in [0, 0.05) is 31.4 Å². The zero-order valence-corrected chi connectivity index (χ0v) is 17.8. The van der Waals surface area contributed by atoms with Crippen molar-refractivity contribution in [3.63, 3.8) is 0 Å². The molecule has 160 valence electrons. The second-order valence-corrected chi connectivity index (χ2v) is 6.86. The molecular formula is C21H35ClN2O4. The minimum atomic E-state index is -0.434. The Labute approximate surface area is 175 Å². The number of anilines is 1. The molecule has 1 fully saturated rings. The molecule has 1 heterocycles. The Morgan fingerprint density at radius 2 is 1.86 bits per heavy atom. The number of benzene rings is 1. The molecule has 0 aliphatic carbocycles. The van der Waals surface area contributed by atoms with E-state index in [1.54, 1.807) is 0 Å². The van der Waals surface area contributed by atoms with Crippen molar-refractivity contribution < 1.29 is 19.0 Å². The first-order chi connectivity index (χ1) is 13.3. The minimum Gasteiger partial charge on any atom is -0.494 e. The predicted octanol–water partition coefficient (Wildman–Crippen LogP) is 4.73. The van der Waals surface area contributed by atoms with E-state index >= 15 is 0 Å². The summed E-state index contributed by atoms with van der Waals surface area (Å²) in [5, 5.41) is 2.76. The van der Waals surface area contributed by atoms with E-state index in [4.69, 9.17) is 14.2 Å². The van der Waals surface area contributed by atoms with E-state index in [0.29, 0.717) is 18.9 Å². The number of rotatable bonds is 12. The van der Waals surface area contributed by atoms with Gasteiger partial charge in [-0.15, -0.1) is 12.4 Å². The standard InChI is InChI=1S/C21H34N2O4.ClH/c1-2-3-4-5-6-7-14-26-20-10-8-9-19(18-20)22-21(24)27-17-13-23-11-15-25-16-12-23;/h8-10,18H,2-7,11-17H2,1H3,(H,22,24);1H. The summed E-state index contributed by atoms with van der Waals surface area (Å²) < 4.78 is 16.3. The van der Waals surface area contributed by atoms with Gasteiger partial charge in [0.25, 0.3) is 0 Å². The predicted molar refractivity (Wildman–Crippen MR) is 115 cm³/mol. The number of nitrogens with zero attached hydrogens (tertiary/aromatic N) is 1. The van der Waals surface area contributed by atoms with Crippen molar-refractivity contribution in [2.75, 3.05) is 51.4 Å². The number of carbonyl (C=O) groups is 1. The minimum absolute atomic E-state index is 0. The number of unbranched alkanes of at least 4 members (excludes halogenated alkanes) is 5. The zero-order valence-electron chi connectivity index (χ0n) is 17.0. The van der Waals surface area contributed by atoms with Gasteiger partial charge >= 0.3 is 6.09 Å². The van der Waals surface area contributed by atoms with Crippen LogP contribution < -0.4 is 10.1 Å². The van der Waals surface area contributed by atoms with Crippen LogP contribution in [0.4, 0.5) is 10.5 Å². The Hall–Kier alpha value is -1.50. The van der Waals surface area contributed by atoms with E-state index in [0.717, 1.165) is 45.0 Å². The molecule has 1 saturated heterocycles. The van der Waals surface area contributed by atoms with Crippen molar-refractivity contribution in [3.8, 4) is 5.75 Å². The first-order valence-corrected chi connectivity index (χ1v) is 10.2. The molecule has 1 aliphatic heterocycles. The van der Waals surface area contributed by atoms with Crippen LogP contribution in [0.1, 0.15) is 45.4 Å². The molecule has 7 heteroatoms. The number of hydrogen-bond acceptors (Lipinski definition) is 5. The van der Waals surface area contributed by atoms with Gasteiger partial charge in [-0.1, -0.05) is 45.1 Å². The van der Waals surface area contributed by atoms with Crippen LogP contribution in [-0.2, 0) is 9.47 Å². The monoisotopic (exact) mass is 414 g/mol. The lowest BCUT2D eigenvalue weighted by Gasteiger charge is -2.26. The molecule has 1 amide bonds. The summed E-state index contributed by atoms with van der Waals surface area (Å²) in [4.78, 5) is 14.2. The average Bonchev–Trinajstić information content (AvgIpc) is 2.68. The van der Waals surface area contributed by atoms with Gasteiger partial charge in [0.05, 0.1) is 19.8 Å². The molecule has 6 nitrogen and oxygen atoms in total. The largest absolute Gasteiger partial charge is 0.494 e. The van der Waals surface area contributed by atoms with Gasteiger partial charge in [0.2, 0.25) is 0 Å². The Morgan fingerprint density at radius 3 is 2.64 bits per heavy atom. The van der Waals surface area contributed by atoms with E-state index in [-0.39, 0.29) is 12.4 Å². The van der Waals surface area contributed by atoms with E-state index in [9.17, 15) is 4.79 Å². The second-order valence-electron chi connectivity index (χ2n) is 6.86. The molecule has 0 unspecified atom stereocenters. The fourth-order valence-corrected chi connectivity index (χ4v) is 2.98. The highest BCUT2D eigenvalue weighted by Gasteiger charge is 2.11. The molecule has 1 N–H and O–H groups in total. The Balaban J connectivity index is 0.00000392. The van der Waals surface area contributed by atoms with Gasteiger partial charge in [-0.2, -0.15) is 0 Å². The summed E-state index contributed by atoms with van der Waals surface area (Å²) in [5.74, 6) is 0.773. The van der Waals surface area contributed by atoms with Crippen LogP contribution >= 0.6 is 12.4 Å². The lowest BCUT2D eigenvalue weighted by Crippen LogP contribution is -2.38. The second kappa shape index (κ2) is 15.4. The van der Waals surface area contributed by atoms with Crippen LogP contribution in [0.3, 0.4) is 0 Å². The molecule has 28 heavy (non-hydrogen) atoms. The SMILES string of the molecule is CCCCCCCCOc1cccc(NC(=O)OCCN2CCOCC2)c1.Cl. The highest BCUT2D eigenvalue weighted by atomic mass is 35.5. The van der Waals surface area contributed by atoms with Crippen molar-refractivity contribution >= 4 is 24.2 Å². The molecule has 0 atom stereocenters. The normalized spacial score (nSPS) is 14.2. The van der Waals surface area contributed by atoms with E-state index in [2.05, 4.69) is 17.1 Å². The summed E-state index contributed by atoms with van der Waals surface area (Å²) >= 11 is 0. The molecule has 0 saturated carbocycles. The molecule has 1 aromatic carbocycles. The quantitative estimate of drug-likeness (QED) is 0.501. The van der Waals surface area contributed by atoms with Gasteiger partial charge in [-0.05, 0) is 18.6 Å². The summed E-state index contributed by atoms with van der Waals surface area (Å²) in [6.45, 7) is 7.32. The van der Waals surface area contributed by atoms with Crippen LogP contribution in [0.2, 0.25) is 0 Å². The van der Waals surface area contributed by atoms with Crippen molar-refractivity contribution in [2.24, 2.45) is 0 Å². The van der Waals surface area contributed by atoms with E-state index < -0.39 is 6.09 Å². The highest BCUT2D eigenvalue weighted by molar-refractivity contribution is 5.85. The molecule has 0 bridgehead atoms. The van der Waals surface area contributed by atoms with Crippen molar-refractivity contribution in [1.82, 2.24) is 4.90 Å². The van der Waals surface area contributed by atoms with Crippen LogP contribution in [0.25, 0.3) is 0 Å². The van der Waals surface area contributed by atoms with Crippen LogP contribution in [0, 0.1) is 0 Å². The maximum atomic E-state index is 11.9. The number of carbonyl (C=O) groups excluding carboxylic acids is 1. The summed E-state index contributed by atoms with van der Waals surface area (Å²) in [7, 11) is 0. The summed E-state index contributed by atoms with van der Waals surface area (Å²) in [6.07, 6.45) is 7.00. The smallest absolute Gasteiger partial charge is 0.411 e. The number of hydrogen-bond donors (Lipinski definition) is 1. The maximum Gasteiger partial charge on any atom is 0.411 e. The van der Waals surface area contributed by atoms with Gasteiger partial charge < -0.3 is 14.2 Å². The lowest BCUT2D eigenvalue weighted by atomic mass is 10.1. The van der Waals surface area contributed by atoms with Crippen molar-refractivity contribution in [1.29, 1.82) is 0 Å². The third-order valence-corrected chi connectivity index (χ3v) is 4.59. The Morgan fingerprint density at radius 1 is 1.11 bits per heavy atom. The molecule has 0 aromatic heterocycles. The lowest BCUT2D eigenvalue weighted by molar-refractivity contribution is 0.0290. The summed E-state index contributed by atoms with van der Waals surface area (Å²) in [6, 6.07) is 7.45. The Kier molecular flexibility index (Phi) is 13.5. The molecular weight excluding hydrogens is 380 g/mol. The van der Waals surface area contributed by atoms with Gasteiger partial charge in [-0.3, -0.25) is 10.2 Å². The van der Waals surface area contributed by atoms with Crippen LogP contribution in [-0.4, -0.2) is 57.1 Å². The van der Waals surface area contributed by atoms with E-state index in [1.165, 1.54) is 32.1 Å². The Bertz CT molecular complexity index is 539. The van der Waals surface area contributed by atoms with Crippen molar-refractivity contribution in [3.05, 3.63) is 24.3 Å². The topological polar surface area (TPSA) is 60.0 Å². The molecule has 0 spiro atoms. The number of halogens is 1. The molecule has 1 aliphatic rings. The zero-order chi connectivity index (χ0) is 19.2. The number of nitrogens with one attached hydrogen (secondary N) is 1. The van der Waals surface area contributed by atoms with Crippen molar-refractivity contribution in [2.45, 2.75) is 45.4 Å². The van der Waals surface area contributed by atoms with Gasteiger partial charge in [0.15, 0.2) is 0 Å². The molecule has 0 radical (unpaired) electrons. The van der Waals surface area contributed by atoms with E-state index in [1.807, 2.05) is 24.3 Å². The van der Waals surface area contributed by atoms with Crippen LogP contribution in [0.5, 0.6) is 5.75 Å². The highest BCUT2D eigenvalue weighted by Crippen LogP contribution is 2.18. The van der Waals surface area contributed by atoms with Crippen LogP contribution in [0.15, 0.2) is 24.3 Å². The van der Waals surface area contributed by atoms with Gasteiger partial charge in [-0.25, -0.2) is 4.79 Å². The average molecular weight is 415 g/mol. The molecule has 2 rings (SSSR count). The fourth-order valence-electron chi connectivity index (χ4n) is 2.98. The molecule has 1 aromatic rings. The van der Waals surface area contributed by atoms with Gasteiger partial charge in [0.1, 0.15) is 12.4 Å². The first kappa shape index (κ1) is 24.5. The first-order valence-electron chi connectivity index (χ1n) is 10.2. The summed E-state index contributed by atoms with van der Waals surface area (Å²) in [5.41, 5.74) is 0.687. The number of ether oxygens (including phenoxy) is 3. The third kappa shape index (κ3) is 10.7. The number of amides is 1. The third-order valence-electron chi connectivity index (χ3n) is 4.59.